The summed E-state index contributed by atoms with van der Waals surface area (Å²) in [6.07, 6.45) is 0. The third-order valence-corrected chi connectivity index (χ3v) is 4.83. The fourth-order valence-corrected chi connectivity index (χ4v) is 3.38. The number of fused-ring (bicyclic) bond motifs is 1. The van der Waals surface area contributed by atoms with Crippen LogP contribution in [-0.4, -0.2) is 45.8 Å². The number of hydrogen-bond acceptors (Lipinski definition) is 6. The zero-order chi connectivity index (χ0) is 17.9. The van der Waals surface area contributed by atoms with Crippen LogP contribution < -0.4 is 10.0 Å². The molecule has 0 radical (unpaired) electrons. The molecule has 0 saturated heterocycles. The summed E-state index contributed by atoms with van der Waals surface area (Å²) in [6.45, 7) is 3.10. The smallest absolute Gasteiger partial charge is 0.331 e. The monoisotopic (exact) mass is 353 g/mol. The maximum absolute atomic E-state index is 12.2. The predicted molar refractivity (Wildman–Crippen MR) is 87.0 cm³/mol. The van der Waals surface area contributed by atoms with Crippen LogP contribution in [0, 0.1) is 5.92 Å². The number of nitrogens with one attached hydrogen (secondary N) is 2. The number of nitrogens with zero attached hydrogens (tertiary/aromatic N) is 1. The van der Waals surface area contributed by atoms with Crippen LogP contribution in [-0.2, 0) is 24.3 Å². The number of benzene rings is 1. The van der Waals surface area contributed by atoms with Gasteiger partial charge in [-0.3, -0.25) is 14.5 Å². The Morgan fingerprint density at radius 2 is 1.96 bits per heavy atom. The van der Waals surface area contributed by atoms with E-state index in [9.17, 15) is 18.0 Å². The lowest BCUT2D eigenvalue weighted by Gasteiger charge is -2.16. The molecule has 1 amide bonds. The summed E-state index contributed by atoms with van der Waals surface area (Å²) in [5.41, 5.74) is 0.405. The van der Waals surface area contributed by atoms with Crippen molar-refractivity contribution >= 4 is 27.7 Å². The van der Waals surface area contributed by atoms with E-state index >= 15 is 0 Å². The molecule has 1 aliphatic heterocycles. The number of carbonyl (C=O) groups excluding carboxylic acids is 2. The number of amidine groups is 1. The standard InChI is InChI=1S/C15H19N3O5S/c1-9(2)13(15(20)23-8-12(19)16-3)17-14-10-6-4-5-7-11(10)24(21,22)18-14/h4-7,9,13H,8H2,1-3H3,(H,16,19)(H,17,18)/t13-/m0/s1. The van der Waals surface area contributed by atoms with E-state index in [1.807, 2.05) is 0 Å². The normalized spacial score (nSPS) is 17.9. The molecule has 130 valence electrons. The van der Waals surface area contributed by atoms with E-state index < -0.39 is 34.5 Å². The van der Waals surface area contributed by atoms with E-state index in [1.54, 1.807) is 32.0 Å². The summed E-state index contributed by atoms with van der Waals surface area (Å²) >= 11 is 0. The minimum Gasteiger partial charge on any atom is -0.454 e. The third-order valence-electron chi connectivity index (χ3n) is 3.43. The molecule has 0 fully saturated rings. The second kappa shape index (κ2) is 7.00. The van der Waals surface area contributed by atoms with Crippen LogP contribution in [0.1, 0.15) is 19.4 Å². The summed E-state index contributed by atoms with van der Waals surface area (Å²) in [4.78, 5) is 27.7. The van der Waals surface area contributed by atoms with E-state index in [1.165, 1.54) is 13.1 Å². The van der Waals surface area contributed by atoms with Crippen molar-refractivity contribution in [3.05, 3.63) is 29.8 Å². The van der Waals surface area contributed by atoms with Gasteiger partial charge in [0.2, 0.25) is 0 Å². The highest BCUT2D eigenvalue weighted by Gasteiger charge is 2.33. The topological polar surface area (TPSA) is 114 Å². The van der Waals surface area contributed by atoms with Gasteiger partial charge < -0.3 is 10.1 Å². The van der Waals surface area contributed by atoms with Crippen LogP contribution in [0.3, 0.4) is 0 Å². The molecule has 2 rings (SSSR count). The lowest BCUT2D eigenvalue weighted by atomic mass is 10.1. The van der Waals surface area contributed by atoms with Gasteiger partial charge in [-0.15, -0.1) is 0 Å². The molecule has 1 heterocycles. The lowest BCUT2D eigenvalue weighted by Crippen LogP contribution is -2.34. The molecular weight excluding hydrogens is 334 g/mol. The highest BCUT2D eigenvalue weighted by molar-refractivity contribution is 7.90. The lowest BCUT2D eigenvalue weighted by molar-refractivity contribution is -0.150. The summed E-state index contributed by atoms with van der Waals surface area (Å²) in [5.74, 6) is -1.27. The fourth-order valence-electron chi connectivity index (χ4n) is 2.14. The second-order valence-corrected chi connectivity index (χ2v) is 7.20. The summed E-state index contributed by atoms with van der Waals surface area (Å²) in [5, 5.41) is 2.34. The number of hydrogen-bond donors (Lipinski definition) is 2. The van der Waals surface area contributed by atoms with Gasteiger partial charge in [-0.25, -0.2) is 13.2 Å². The number of aliphatic imine (C=N–C) groups is 1. The largest absolute Gasteiger partial charge is 0.454 e. The average molecular weight is 353 g/mol. The van der Waals surface area contributed by atoms with E-state index in [0.29, 0.717) is 5.56 Å². The Balaban J connectivity index is 2.29. The van der Waals surface area contributed by atoms with Gasteiger partial charge in [0.25, 0.3) is 15.9 Å². The van der Waals surface area contributed by atoms with Crippen molar-refractivity contribution in [2.24, 2.45) is 10.9 Å². The summed E-state index contributed by atoms with van der Waals surface area (Å²) in [7, 11) is -2.25. The van der Waals surface area contributed by atoms with Crippen molar-refractivity contribution in [3.63, 3.8) is 0 Å². The first-order chi connectivity index (χ1) is 11.3. The number of amides is 1. The van der Waals surface area contributed by atoms with Gasteiger partial charge >= 0.3 is 5.97 Å². The minimum absolute atomic E-state index is 0.0983. The van der Waals surface area contributed by atoms with Gasteiger partial charge in [0.15, 0.2) is 12.6 Å². The first-order valence-electron chi connectivity index (χ1n) is 7.33. The van der Waals surface area contributed by atoms with Gasteiger partial charge in [0.05, 0.1) is 4.90 Å². The zero-order valence-corrected chi connectivity index (χ0v) is 14.4. The Labute approximate surface area is 140 Å². The third kappa shape index (κ3) is 3.73. The Morgan fingerprint density at radius 1 is 1.29 bits per heavy atom. The average Bonchev–Trinajstić information content (AvgIpc) is 2.81. The second-order valence-electron chi connectivity index (χ2n) is 5.55. The summed E-state index contributed by atoms with van der Waals surface area (Å²) < 4.78 is 31.4. The minimum atomic E-state index is -3.68. The molecule has 0 bridgehead atoms. The Morgan fingerprint density at radius 3 is 2.58 bits per heavy atom. The molecule has 9 heteroatoms. The SMILES string of the molecule is CNC(=O)COC(=O)[C@@H](N=C1NS(=O)(=O)c2ccccc21)C(C)C. The number of esters is 1. The molecule has 0 aromatic heterocycles. The predicted octanol–water partition coefficient (Wildman–Crippen LogP) is 0.0389. The quantitative estimate of drug-likeness (QED) is 0.726. The first-order valence-corrected chi connectivity index (χ1v) is 8.82. The van der Waals surface area contributed by atoms with E-state index in [2.05, 4.69) is 15.0 Å². The zero-order valence-electron chi connectivity index (χ0n) is 13.6. The van der Waals surface area contributed by atoms with Crippen LogP contribution in [0.4, 0.5) is 0 Å². The van der Waals surface area contributed by atoms with Crippen LogP contribution in [0.5, 0.6) is 0 Å². The maximum atomic E-state index is 12.2. The molecule has 0 saturated carbocycles. The van der Waals surface area contributed by atoms with Crippen LogP contribution >= 0.6 is 0 Å². The maximum Gasteiger partial charge on any atom is 0.331 e. The van der Waals surface area contributed by atoms with E-state index in [-0.39, 0.29) is 16.6 Å². The molecule has 8 nitrogen and oxygen atoms in total. The molecule has 0 unspecified atom stereocenters. The molecule has 1 aromatic rings. The molecule has 1 aliphatic rings. The summed E-state index contributed by atoms with van der Waals surface area (Å²) in [6, 6.07) is 5.44. The highest BCUT2D eigenvalue weighted by atomic mass is 32.2. The number of ether oxygens (including phenoxy) is 1. The van der Waals surface area contributed by atoms with Crippen molar-refractivity contribution in [2.75, 3.05) is 13.7 Å². The Hall–Kier alpha value is -2.42. The molecule has 2 N–H and O–H groups in total. The van der Waals surface area contributed by atoms with Crippen molar-refractivity contribution in [1.82, 2.24) is 10.0 Å². The Bertz CT molecular complexity index is 786. The van der Waals surface area contributed by atoms with E-state index in [0.717, 1.165) is 0 Å². The van der Waals surface area contributed by atoms with E-state index in [4.69, 9.17) is 4.74 Å². The molecule has 0 spiro atoms. The van der Waals surface area contributed by atoms with Crippen molar-refractivity contribution in [2.45, 2.75) is 24.8 Å². The van der Waals surface area contributed by atoms with Gasteiger partial charge in [0, 0.05) is 12.6 Å². The van der Waals surface area contributed by atoms with Gasteiger partial charge in [-0.1, -0.05) is 26.0 Å². The molecule has 1 aromatic carbocycles. The number of likely N-dealkylation sites (N-methyl/N-ethyl adjacent to an activating group) is 1. The highest BCUT2D eigenvalue weighted by Crippen LogP contribution is 2.23. The van der Waals surface area contributed by atoms with Crippen molar-refractivity contribution in [1.29, 1.82) is 0 Å². The van der Waals surface area contributed by atoms with Gasteiger partial charge in [-0.2, -0.15) is 0 Å². The van der Waals surface area contributed by atoms with Gasteiger partial charge in [-0.05, 0) is 18.1 Å². The van der Waals surface area contributed by atoms with Crippen molar-refractivity contribution < 1.29 is 22.7 Å². The van der Waals surface area contributed by atoms with Crippen LogP contribution in [0.2, 0.25) is 0 Å². The number of sulfonamides is 1. The molecule has 1 atom stereocenters. The van der Waals surface area contributed by atoms with Gasteiger partial charge in [0.1, 0.15) is 5.84 Å². The first kappa shape index (κ1) is 17.9. The number of rotatable bonds is 5. The molecule has 24 heavy (non-hydrogen) atoms. The Kier molecular flexibility index (Phi) is 5.23. The van der Waals surface area contributed by atoms with Crippen molar-refractivity contribution in [3.8, 4) is 0 Å². The van der Waals surface area contributed by atoms with Crippen LogP contribution in [0.15, 0.2) is 34.2 Å². The van der Waals surface area contributed by atoms with Crippen LogP contribution in [0.25, 0.3) is 0 Å². The molecular formula is C15H19N3O5S. The molecule has 0 aliphatic carbocycles. The fraction of sp³-hybridized carbons (Fsp3) is 0.400. The number of carbonyl (C=O) groups is 2.